The van der Waals surface area contributed by atoms with E-state index in [1.807, 2.05) is 0 Å². The van der Waals surface area contributed by atoms with Crippen LogP contribution in [0, 0.1) is 40.8 Å². The Balaban J connectivity index is 0. The summed E-state index contributed by atoms with van der Waals surface area (Å²) in [7, 11) is -1.68. The second-order valence-electron chi connectivity index (χ2n) is 3.03. The summed E-state index contributed by atoms with van der Waals surface area (Å²) in [5.41, 5.74) is 0. The molecule has 0 bridgehead atoms. The fourth-order valence-corrected chi connectivity index (χ4v) is 2.09. The average Bonchev–Trinajstić information content (AvgIpc) is 2.09. The molecule has 78 valence electrons. The van der Waals surface area contributed by atoms with E-state index in [0.29, 0.717) is 6.61 Å². The molecule has 0 saturated heterocycles. The maximum Gasteiger partial charge on any atom is 0.191 e. The Bertz CT molecular complexity index is 120. The van der Waals surface area contributed by atoms with Gasteiger partial charge in [0.1, 0.15) is 0 Å². The summed E-state index contributed by atoms with van der Waals surface area (Å²) >= 11 is 0. The van der Waals surface area contributed by atoms with Gasteiger partial charge < -0.3 is 4.52 Å². The van der Waals surface area contributed by atoms with Gasteiger partial charge >= 0.3 is 0 Å². The van der Waals surface area contributed by atoms with E-state index in [4.69, 9.17) is 4.52 Å². The van der Waals surface area contributed by atoms with Crippen LogP contribution in [0.3, 0.4) is 0 Å². The molecule has 1 unspecified atom stereocenters. The van der Waals surface area contributed by atoms with E-state index in [-0.39, 0.29) is 40.8 Å². The van der Waals surface area contributed by atoms with Gasteiger partial charge in [-0.3, -0.25) is 4.57 Å². The molecule has 0 amide bonds. The summed E-state index contributed by atoms with van der Waals surface area (Å²) in [5.74, 6) is 0. The summed E-state index contributed by atoms with van der Waals surface area (Å²) in [5, 5.41) is 0. The largest absolute Gasteiger partial charge is 0.330 e. The molecule has 0 aliphatic rings. The topological polar surface area (TPSA) is 26.3 Å². The minimum absolute atomic E-state index is 0. The molecule has 0 N–H and O–H groups in total. The van der Waals surface area contributed by atoms with Crippen LogP contribution in [0.1, 0.15) is 46.0 Å². The Morgan fingerprint density at radius 2 is 1.69 bits per heavy atom. The summed E-state index contributed by atoms with van der Waals surface area (Å²) in [4.78, 5) is 0. The van der Waals surface area contributed by atoms with Crippen LogP contribution in [0.4, 0.5) is 0 Å². The monoisotopic (exact) mass is 334 g/mol. The molecular formula is C9H21NdO2P. The maximum atomic E-state index is 11.1. The van der Waals surface area contributed by atoms with Crippen molar-refractivity contribution in [2.45, 2.75) is 46.0 Å². The van der Waals surface area contributed by atoms with Crippen molar-refractivity contribution in [1.82, 2.24) is 0 Å². The van der Waals surface area contributed by atoms with Crippen molar-refractivity contribution in [1.29, 1.82) is 0 Å². The molecule has 0 aromatic carbocycles. The van der Waals surface area contributed by atoms with Gasteiger partial charge in [0.15, 0.2) is 8.03 Å². The molecule has 0 aliphatic heterocycles. The molecule has 0 saturated carbocycles. The van der Waals surface area contributed by atoms with Gasteiger partial charge in [-0.15, -0.1) is 0 Å². The first-order valence-corrected chi connectivity index (χ1v) is 6.49. The van der Waals surface area contributed by atoms with Gasteiger partial charge in [-0.1, -0.05) is 33.1 Å². The van der Waals surface area contributed by atoms with Crippen LogP contribution in [0.25, 0.3) is 0 Å². The third-order valence-corrected chi connectivity index (χ3v) is 3.03. The van der Waals surface area contributed by atoms with Crippen LogP contribution in [0.5, 0.6) is 0 Å². The molecule has 0 spiro atoms. The second-order valence-corrected chi connectivity index (χ2v) is 4.56. The molecule has 0 aromatic rings. The normalized spacial score (nSPS) is 12.2. The molecule has 0 aromatic heterocycles. The van der Waals surface area contributed by atoms with E-state index in [0.717, 1.165) is 25.4 Å². The summed E-state index contributed by atoms with van der Waals surface area (Å²) in [6.45, 7) is 4.95. The van der Waals surface area contributed by atoms with Crippen LogP contribution in [0.2, 0.25) is 0 Å². The average molecular weight is 336 g/mol. The molecule has 0 radical (unpaired) electrons. The first-order valence-electron chi connectivity index (χ1n) is 4.96. The molecular weight excluding hydrogens is 315 g/mol. The molecule has 0 aliphatic carbocycles. The molecule has 13 heavy (non-hydrogen) atoms. The zero-order valence-corrected chi connectivity index (χ0v) is 13.0. The summed E-state index contributed by atoms with van der Waals surface area (Å²) in [6.07, 6.45) is 6.34. The first-order chi connectivity index (χ1) is 5.81. The summed E-state index contributed by atoms with van der Waals surface area (Å²) < 4.78 is 16.3. The number of rotatable bonds is 8. The van der Waals surface area contributed by atoms with E-state index in [1.165, 1.54) is 12.8 Å². The van der Waals surface area contributed by atoms with Crippen molar-refractivity contribution in [3.05, 3.63) is 0 Å². The second kappa shape index (κ2) is 13.5. The van der Waals surface area contributed by atoms with Crippen molar-refractivity contribution in [2.24, 2.45) is 0 Å². The third kappa shape index (κ3) is 13.5. The Labute approximate surface area is 116 Å². The van der Waals surface area contributed by atoms with E-state index >= 15 is 0 Å². The maximum absolute atomic E-state index is 11.1. The third-order valence-electron chi connectivity index (χ3n) is 1.75. The molecule has 1 atom stereocenters. The van der Waals surface area contributed by atoms with Crippen molar-refractivity contribution in [3.63, 3.8) is 0 Å². The van der Waals surface area contributed by atoms with Crippen molar-refractivity contribution in [2.75, 3.05) is 12.8 Å². The van der Waals surface area contributed by atoms with Gasteiger partial charge in [0, 0.05) is 47.0 Å². The van der Waals surface area contributed by atoms with Gasteiger partial charge in [0.05, 0.1) is 6.61 Å². The van der Waals surface area contributed by atoms with Gasteiger partial charge in [-0.05, 0) is 12.8 Å². The summed E-state index contributed by atoms with van der Waals surface area (Å²) in [6, 6.07) is 0. The smallest absolute Gasteiger partial charge is 0.191 e. The van der Waals surface area contributed by atoms with Gasteiger partial charge in [0.25, 0.3) is 0 Å². The van der Waals surface area contributed by atoms with Crippen LogP contribution < -0.4 is 0 Å². The predicted octanol–water partition coefficient (Wildman–Crippen LogP) is 3.47. The Morgan fingerprint density at radius 3 is 2.23 bits per heavy atom. The van der Waals surface area contributed by atoms with Crippen molar-refractivity contribution in [3.8, 4) is 0 Å². The standard InChI is InChI=1S/C9H21O2P.Nd/c1-3-5-7-8-11-12(10)9-6-4-2;/h12H,3-9H2,1-2H3;. The molecule has 0 fully saturated rings. The minimum atomic E-state index is -1.68. The molecule has 2 nitrogen and oxygen atoms in total. The van der Waals surface area contributed by atoms with Gasteiger partial charge in [-0.2, -0.15) is 0 Å². The van der Waals surface area contributed by atoms with E-state index in [2.05, 4.69) is 13.8 Å². The molecule has 0 rings (SSSR count). The molecule has 0 heterocycles. The van der Waals surface area contributed by atoms with E-state index in [1.54, 1.807) is 0 Å². The van der Waals surface area contributed by atoms with Crippen LogP contribution in [-0.4, -0.2) is 12.8 Å². The fourth-order valence-electron chi connectivity index (χ4n) is 0.931. The fraction of sp³-hybridized carbons (Fsp3) is 1.00. The zero-order chi connectivity index (χ0) is 9.23. The molecule has 4 heteroatoms. The van der Waals surface area contributed by atoms with Crippen LogP contribution >= 0.6 is 8.03 Å². The Kier molecular flexibility index (Phi) is 17.7. The van der Waals surface area contributed by atoms with Crippen molar-refractivity contribution < 1.29 is 49.9 Å². The first kappa shape index (κ1) is 17.0. The SMILES string of the molecule is CCCCCO[PH](=O)CCCC.[Nd]. The Morgan fingerprint density at radius 1 is 1.08 bits per heavy atom. The quantitative estimate of drug-likeness (QED) is 0.501. The predicted molar refractivity (Wildman–Crippen MR) is 54.3 cm³/mol. The minimum Gasteiger partial charge on any atom is -0.330 e. The Hall–Kier alpha value is 1.54. The van der Waals surface area contributed by atoms with E-state index < -0.39 is 8.03 Å². The van der Waals surface area contributed by atoms with Crippen LogP contribution in [-0.2, 0) is 9.09 Å². The zero-order valence-electron chi connectivity index (χ0n) is 8.77. The number of hydrogen-bond acceptors (Lipinski definition) is 2. The van der Waals surface area contributed by atoms with Gasteiger partial charge in [0.2, 0.25) is 0 Å². The van der Waals surface area contributed by atoms with E-state index in [9.17, 15) is 4.57 Å². The van der Waals surface area contributed by atoms with Crippen molar-refractivity contribution >= 4 is 8.03 Å². The van der Waals surface area contributed by atoms with Crippen LogP contribution in [0.15, 0.2) is 0 Å². The number of hydrogen-bond donors (Lipinski definition) is 0. The number of unbranched alkanes of at least 4 members (excludes halogenated alkanes) is 3. The van der Waals surface area contributed by atoms with Gasteiger partial charge in [-0.25, -0.2) is 0 Å².